The van der Waals surface area contributed by atoms with Gasteiger partial charge in [0.15, 0.2) is 12.6 Å². The molecule has 3 aromatic rings. The van der Waals surface area contributed by atoms with Gasteiger partial charge in [-0.25, -0.2) is 0 Å². The van der Waals surface area contributed by atoms with Crippen molar-refractivity contribution in [3.8, 4) is 0 Å². The Morgan fingerprint density at radius 1 is 0.743 bits per heavy atom. The number of cyclic esters (lactones) is 1. The number of benzene rings is 3. The van der Waals surface area contributed by atoms with Crippen molar-refractivity contribution in [1.82, 2.24) is 9.80 Å². The summed E-state index contributed by atoms with van der Waals surface area (Å²) in [5, 5.41) is 36.0. The summed E-state index contributed by atoms with van der Waals surface area (Å²) in [4.78, 5) is 19.0. The number of aliphatic hydroxyl groups excluding tert-OH is 2. The summed E-state index contributed by atoms with van der Waals surface area (Å²) in [6, 6.07) is 29.0. The van der Waals surface area contributed by atoms with Crippen LogP contribution in [0.3, 0.4) is 0 Å². The van der Waals surface area contributed by atoms with Gasteiger partial charge in [-0.15, -0.1) is 0 Å². The van der Waals surface area contributed by atoms with Crippen LogP contribution in [0.25, 0.3) is 0 Å². The minimum absolute atomic E-state index is 0.135. The third-order valence-corrected chi connectivity index (χ3v) is 14.8. The summed E-state index contributed by atoms with van der Waals surface area (Å²) in [6.07, 6.45) is -8.52. The third kappa shape index (κ3) is 14.6. The minimum Gasteiger partial charge on any atom is -0.463 e. The summed E-state index contributed by atoms with van der Waals surface area (Å²) in [5.41, 5.74) is 0.177. The summed E-state index contributed by atoms with van der Waals surface area (Å²) < 4.78 is 59.3. The van der Waals surface area contributed by atoms with Gasteiger partial charge in [-0.3, -0.25) is 4.79 Å². The van der Waals surface area contributed by atoms with Crippen molar-refractivity contribution < 1.29 is 62.7 Å². The van der Waals surface area contributed by atoms with E-state index in [1.54, 1.807) is 27.7 Å². The maximum Gasteiger partial charge on any atom is 0.311 e. The Morgan fingerprint density at radius 2 is 1.29 bits per heavy atom. The van der Waals surface area contributed by atoms with Crippen LogP contribution < -0.4 is 0 Å². The van der Waals surface area contributed by atoms with Crippen LogP contribution in [0.4, 0.5) is 0 Å². The Morgan fingerprint density at radius 3 is 1.83 bits per heavy atom. The van der Waals surface area contributed by atoms with Gasteiger partial charge in [0, 0.05) is 38.1 Å². The third-order valence-electron chi connectivity index (χ3n) is 14.8. The Kier molecular flexibility index (Phi) is 20.4. The summed E-state index contributed by atoms with van der Waals surface area (Å²) >= 11 is 0. The van der Waals surface area contributed by atoms with Crippen molar-refractivity contribution >= 4 is 5.97 Å². The molecule has 390 valence electrons. The molecule has 6 rings (SSSR count). The number of nitrogens with zero attached hydrogens (tertiary/aromatic N) is 2. The van der Waals surface area contributed by atoms with Crippen LogP contribution in [0.5, 0.6) is 0 Å². The molecule has 3 saturated heterocycles. The molecule has 3 fully saturated rings. The van der Waals surface area contributed by atoms with Crippen LogP contribution in [-0.2, 0) is 67.2 Å². The van der Waals surface area contributed by atoms with Gasteiger partial charge in [0.25, 0.3) is 0 Å². The molecule has 3 aromatic carbocycles. The van der Waals surface area contributed by atoms with E-state index >= 15 is 0 Å². The van der Waals surface area contributed by atoms with Gasteiger partial charge in [-0.1, -0.05) is 97.9 Å². The number of carbonyl (C=O) groups is 1. The SMILES string of the molecule is CO[C@]1(C)C[C@H](OC2[C@@H](C)C(=O)OC[C@@H](OCc3ccccc3)C(OCc3ccccc3)[C@@H](OCc3ccccc3)CN(C)[C@H](C)C[C@@](C)(O)[C@H](O[C@@H]3O[C@H](C)C[C@H](N(C)C)[C@H]3O)[C@H]2C)O[C@@H](C)[C@@H]1O. The van der Waals surface area contributed by atoms with Crippen LogP contribution in [0.1, 0.15) is 84.4 Å². The molecule has 0 radical (unpaired) electrons. The number of esters is 1. The van der Waals surface area contributed by atoms with E-state index in [1.165, 1.54) is 7.11 Å². The molecule has 3 aliphatic heterocycles. The molecule has 2 unspecified atom stereocenters. The number of hydrogen-bond acceptors (Lipinski definition) is 15. The van der Waals surface area contributed by atoms with Crippen molar-refractivity contribution in [2.45, 2.75) is 178 Å². The molecular weight excluding hydrogens is 897 g/mol. The molecule has 0 aromatic heterocycles. The maximum absolute atomic E-state index is 14.9. The van der Waals surface area contributed by atoms with Crippen LogP contribution >= 0.6 is 0 Å². The zero-order valence-electron chi connectivity index (χ0n) is 43.3. The molecule has 0 aliphatic carbocycles. The highest BCUT2D eigenvalue weighted by atomic mass is 16.7. The zero-order valence-corrected chi connectivity index (χ0v) is 43.3. The highest BCUT2D eigenvalue weighted by Gasteiger charge is 2.52. The van der Waals surface area contributed by atoms with Crippen LogP contribution in [0.2, 0.25) is 0 Å². The lowest BCUT2D eigenvalue weighted by atomic mass is 9.78. The highest BCUT2D eigenvalue weighted by molar-refractivity contribution is 5.72. The number of likely N-dealkylation sites (N-methyl/N-ethyl adjacent to an activating group) is 2. The van der Waals surface area contributed by atoms with E-state index in [-0.39, 0.29) is 57.5 Å². The molecule has 70 heavy (non-hydrogen) atoms. The van der Waals surface area contributed by atoms with Gasteiger partial charge in [-0.05, 0) is 92.2 Å². The molecule has 15 nitrogen and oxygen atoms in total. The van der Waals surface area contributed by atoms with Crippen LogP contribution in [0.15, 0.2) is 91.0 Å². The number of aliphatic hydroxyl groups is 3. The number of carbonyl (C=O) groups excluding carboxylic acids is 1. The standard InChI is InChI=1S/C55H82N2O13/c1-35-28-54(6,61)51(70-53-47(58)43(56(8)9)27-36(2)67-53)37(3)48(69-46-29-55(7,62-11)50(59)39(5)68-46)38(4)52(60)66-34-45(64-32-41-23-17-13-18-24-41)49(65-33-42-25-19-14-20-26-42)44(30-57(35)10)63-31-40-21-15-12-16-22-40/h12-26,35-39,43-51,53,58-59,61H,27-34H2,1-11H3/t35-,36-,37+,38-,39+,43+,44+,45-,46+,47-,48?,49?,50+,51-,53+,54-,55-/m1/s1. The lowest BCUT2D eigenvalue weighted by molar-refractivity contribution is -0.317. The summed E-state index contributed by atoms with van der Waals surface area (Å²) in [5.74, 6) is -2.35. The second-order valence-corrected chi connectivity index (χ2v) is 20.7. The van der Waals surface area contributed by atoms with E-state index < -0.39 is 90.4 Å². The summed E-state index contributed by atoms with van der Waals surface area (Å²) in [7, 11) is 7.33. The summed E-state index contributed by atoms with van der Waals surface area (Å²) in [6.45, 7) is 13.7. The molecule has 0 spiro atoms. The Balaban J connectivity index is 1.44. The Labute approximate surface area is 416 Å². The first-order valence-electron chi connectivity index (χ1n) is 25.1. The highest BCUT2D eigenvalue weighted by Crippen LogP contribution is 2.39. The molecule has 0 bridgehead atoms. The molecule has 3 N–H and O–H groups in total. The molecule has 15 heteroatoms. The minimum atomic E-state index is -1.63. The van der Waals surface area contributed by atoms with Gasteiger partial charge in [0.1, 0.15) is 31.0 Å². The van der Waals surface area contributed by atoms with Crippen LogP contribution in [0, 0.1) is 11.8 Å². The first kappa shape index (κ1) is 55.9. The van der Waals surface area contributed by atoms with Crippen molar-refractivity contribution in [3.63, 3.8) is 0 Å². The van der Waals surface area contributed by atoms with Crippen molar-refractivity contribution in [3.05, 3.63) is 108 Å². The van der Waals surface area contributed by atoms with E-state index in [0.29, 0.717) is 13.0 Å². The van der Waals surface area contributed by atoms with E-state index in [1.807, 2.05) is 138 Å². The largest absolute Gasteiger partial charge is 0.463 e. The maximum atomic E-state index is 14.9. The smallest absolute Gasteiger partial charge is 0.311 e. The van der Waals surface area contributed by atoms with Gasteiger partial charge in [0.05, 0.1) is 67.5 Å². The lowest BCUT2D eigenvalue weighted by Gasteiger charge is -2.49. The number of methoxy groups -OCH3 is 1. The van der Waals surface area contributed by atoms with E-state index in [2.05, 4.69) is 4.90 Å². The zero-order chi connectivity index (χ0) is 50.8. The fraction of sp³-hybridized carbons (Fsp3) is 0.655. The predicted octanol–water partition coefficient (Wildman–Crippen LogP) is 6.13. The average Bonchev–Trinajstić information content (AvgIpc) is 3.34. The molecule has 0 saturated carbocycles. The molecule has 17 atom stereocenters. The number of hydrogen-bond donors (Lipinski definition) is 3. The molecule has 3 heterocycles. The van der Waals surface area contributed by atoms with E-state index in [9.17, 15) is 20.1 Å². The van der Waals surface area contributed by atoms with Crippen molar-refractivity contribution in [2.75, 3.05) is 41.4 Å². The van der Waals surface area contributed by atoms with Gasteiger partial charge in [0.2, 0.25) is 0 Å². The second-order valence-electron chi connectivity index (χ2n) is 20.7. The fourth-order valence-electron chi connectivity index (χ4n) is 10.3. The van der Waals surface area contributed by atoms with E-state index in [4.69, 9.17) is 42.6 Å². The quantitative estimate of drug-likeness (QED) is 0.149. The normalized spacial score (nSPS) is 37.6. The Bertz CT molecular complexity index is 2000. The predicted molar refractivity (Wildman–Crippen MR) is 264 cm³/mol. The van der Waals surface area contributed by atoms with E-state index in [0.717, 1.165) is 16.7 Å². The van der Waals surface area contributed by atoms with Crippen LogP contribution in [-0.4, -0.2) is 163 Å². The second kappa shape index (κ2) is 25.5. The number of ether oxygens (including phenoxy) is 9. The van der Waals surface area contributed by atoms with Crippen molar-refractivity contribution in [2.24, 2.45) is 11.8 Å². The fourth-order valence-corrected chi connectivity index (χ4v) is 10.3. The lowest BCUT2D eigenvalue weighted by Crippen LogP contribution is -2.60. The average molecular weight is 979 g/mol. The van der Waals surface area contributed by atoms with Gasteiger partial charge >= 0.3 is 5.97 Å². The number of rotatable bonds is 15. The van der Waals surface area contributed by atoms with Gasteiger partial charge in [-0.2, -0.15) is 0 Å². The molecule has 0 amide bonds. The topological polar surface area (TPSA) is 167 Å². The molecular formula is C55H82N2O13. The Hall–Kier alpha value is -3.39. The first-order valence-corrected chi connectivity index (χ1v) is 25.1. The molecule has 3 aliphatic rings. The first-order chi connectivity index (χ1) is 33.3. The monoisotopic (exact) mass is 979 g/mol. The van der Waals surface area contributed by atoms with Crippen molar-refractivity contribution in [1.29, 1.82) is 0 Å². The van der Waals surface area contributed by atoms with Gasteiger partial charge < -0.3 is 67.8 Å².